The van der Waals surface area contributed by atoms with Gasteiger partial charge in [0.25, 0.3) is 0 Å². The van der Waals surface area contributed by atoms with Crippen LogP contribution in [-0.2, 0) is 11.2 Å². The van der Waals surface area contributed by atoms with E-state index in [-0.39, 0.29) is 10.9 Å². The SMILES string of the molecule is Cc1cccc(CC(=O)Nc2ccc(C(N)=S)cc2Cl)c1. The van der Waals surface area contributed by atoms with E-state index in [1.54, 1.807) is 18.2 Å². The molecule has 0 unspecified atom stereocenters. The Balaban J connectivity index is 2.08. The molecule has 2 aromatic rings. The van der Waals surface area contributed by atoms with E-state index in [1.165, 1.54) is 0 Å². The minimum absolute atomic E-state index is 0.120. The van der Waals surface area contributed by atoms with Gasteiger partial charge in [-0.05, 0) is 30.7 Å². The highest BCUT2D eigenvalue weighted by Gasteiger charge is 2.08. The summed E-state index contributed by atoms with van der Waals surface area (Å²) in [7, 11) is 0. The third-order valence-electron chi connectivity index (χ3n) is 2.97. The fourth-order valence-electron chi connectivity index (χ4n) is 1.97. The third kappa shape index (κ3) is 4.28. The lowest BCUT2D eigenvalue weighted by Gasteiger charge is -2.09. The number of rotatable bonds is 4. The Labute approximate surface area is 134 Å². The Bertz CT molecular complexity index is 700. The molecule has 108 valence electrons. The number of aryl methyl sites for hydroxylation is 1. The second kappa shape index (κ2) is 6.70. The standard InChI is InChI=1S/C16H15ClN2OS/c1-10-3-2-4-11(7-10)8-15(20)19-14-6-5-12(16(18)21)9-13(14)17/h2-7,9H,8H2,1H3,(H2,18,21)(H,19,20). The molecule has 0 aromatic heterocycles. The van der Waals surface area contributed by atoms with Crippen molar-refractivity contribution in [2.45, 2.75) is 13.3 Å². The molecule has 0 spiro atoms. The first kappa shape index (κ1) is 15.5. The second-order valence-electron chi connectivity index (χ2n) is 4.77. The van der Waals surface area contributed by atoms with Gasteiger partial charge in [0.05, 0.1) is 17.1 Å². The molecule has 0 fully saturated rings. The minimum Gasteiger partial charge on any atom is -0.389 e. The highest BCUT2D eigenvalue weighted by molar-refractivity contribution is 7.80. The summed E-state index contributed by atoms with van der Waals surface area (Å²) in [6.45, 7) is 1.99. The van der Waals surface area contributed by atoms with Gasteiger partial charge in [-0.2, -0.15) is 0 Å². The maximum Gasteiger partial charge on any atom is 0.228 e. The van der Waals surface area contributed by atoms with Gasteiger partial charge in [-0.1, -0.05) is 53.6 Å². The molecule has 2 rings (SSSR count). The molecular weight excluding hydrogens is 304 g/mol. The van der Waals surface area contributed by atoms with E-state index in [9.17, 15) is 4.79 Å². The van der Waals surface area contributed by atoms with Gasteiger partial charge in [0.1, 0.15) is 4.99 Å². The minimum atomic E-state index is -0.120. The zero-order chi connectivity index (χ0) is 15.4. The quantitative estimate of drug-likeness (QED) is 0.849. The molecule has 3 N–H and O–H groups in total. The maximum atomic E-state index is 12.0. The third-order valence-corrected chi connectivity index (χ3v) is 3.52. The number of anilines is 1. The van der Waals surface area contributed by atoms with Crippen LogP contribution >= 0.6 is 23.8 Å². The molecular formula is C16H15ClN2OS. The van der Waals surface area contributed by atoms with Crippen LogP contribution in [0.5, 0.6) is 0 Å². The topological polar surface area (TPSA) is 55.1 Å². The fourth-order valence-corrected chi connectivity index (χ4v) is 2.33. The molecule has 5 heteroatoms. The van der Waals surface area contributed by atoms with Crippen molar-refractivity contribution in [3.05, 3.63) is 64.2 Å². The van der Waals surface area contributed by atoms with Crippen molar-refractivity contribution < 1.29 is 4.79 Å². The van der Waals surface area contributed by atoms with E-state index < -0.39 is 0 Å². The number of amides is 1. The molecule has 21 heavy (non-hydrogen) atoms. The molecule has 0 heterocycles. The summed E-state index contributed by atoms with van der Waals surface area (Å²) in [5.41, 5.74) is 8.84. The molecule has 0 aliphatic rings. The van der Waals surface area contributed by atoms with Gasteiger partial charge in [0.15, 0.2) is 0 Å². The van der Waals surface area contributed by atoms with Crippen molar-refractivity contribution in [1.29, 1.82) is 0 Å². The Morgan fingerprint density at radius 2 is 2.05 bits per heavy atom. The Morgan fingerprint density at radius 3 is 2.67 bits per heavy atom. The molecule has 0 saturated carbocycles. The molecule has 2 aromatic carbocycles. The van der Waals surface area contributed by atoms with Gasteiger partial charge < -0.3 is 11.1 Å². The predicted octanol–water partition coefficient (Wildman–Crippen LogP) is 3.46. The highest BCUT2D eigenvalue weighted by Crippen LogP contribution is 2.23. The Hall–Kier alpha value is -1.91. The van der Waals surface area contributed by atoms with Gasteiger partial charge in [-0.15, -0.1) is 0 Å². The largest absolute Gasteiger partial charge is 0.389 e. The van der Waals surface area contributed by atoms with E-state index in [0.29, 0.717) is 22.7 Å². The van der Waals surface area contributed by atoms with E-state index in [1.807, 2.05) is 31.2 Å². The summed E-state index contributed by atoms with van der Waals surface area (Å²) in [5.74, 6) is -0.120. The van der Waals surface area contributed by atoms with Crippen molar-refractivity contribution in [1.82, 2.24) is 0 Å². The van der Waals surface area contributed by atoms with Crippen molar-refractivity contribution in [2.75, 3.05) is 5.32 Å². The molecule has 0 radical (unpaired) electrons. The normalized spacial score (nSPS) is 10.2. The van der Waals surface area contributed by atoms with Crippen LogP contribution < -0.4 is 11.1 Å². The van der Waals surface area contributed by atoms with E-state index in [2.05, 4.69) is 5.32 Å². The number of hydrogen-bond donors (Lipinski definition) is 2. The van der Waals surface area contributed by atoms with Gasteiger partial charge in [0, 0.05) is 5.56 Å². The summed E-state index contributed by atoms with van der Waals surface area (Å²) >= 11 is 11.0. The van der Waals surface area contributed by atoms with Gasteiger partial charge in [-0.25, -0.2) is 0 Å². The second-order valence-corrected chi connectivity index (χ2v) is 5.62. The summed E-state index contributed by atoms with van der Waals surface area (Å²) in [5, 5.41) is 3.20. The van der Waals surface area contributed by atoms with Gasteiger partial charge >= 0.3 is 0 Å². The number of halogens is 1. The summed E-state index contributed by atoms with van der Waals surface area (Å²) < 4.78 is 0. The van der Waals surface area contributed by atoms with Crippen LogP contribution in [0.1, 0.15) is 16.7 Å². The zero-order valence-electron chi connectivity index (χ0n) is 11.5. The van der Waals surface area contributed by atoms with E-state index >= 15 is 0 Å². The Morgan fingerprint density at radius 1 is 1.29 bits per heavy atom. The number of carbonyl (C=O) groups excluding carboxylic acids is 1. The number of carbonyl (C=O) groups is 1. The summed E-state index contributed by atoms with van der Waals surface area (Å²) in [4.78, 5) is 12.3. The van der Waals surface area contributed by atoms with Crippen LogP contribution in [0.15, 0.2) is 42.5 Å². The first-order chi connectivity index (χ1) is 9.95. The number of hydrogen-bond acceptors (Lipinski definition) is 2. The lowest BCUT2D eigenvalue weighted by molar-refractivity contribution is -0.115. The molecule has 0 aliphatic heterocycles. The lowest BCUT2D eigenvalue weighted by Crippen LogP contribution is -2.15. The highest BCUT2D eigenvalue weighted by atomic mass is 35.5. The zero-order valence-corrected chi connectivity index (χ0v) is 13.1. The molecule has 3 nitrogen and oxygen atoms in total. The molecule has 0 atom stereocenters. The van der Waals surface area contributed by atoms with Crippen LogP contribution in [-0.4, -0.2) is 10.9 Å². The first-order valence-electron chi connectivity index (χ1n) is 6.40. The average molecular weight is 319 g/mol. The van der Waals surface area contributed by atoms with E-state index in [4.69, 9.17) is 29.6 Å². The number of nitrogens with two attached hydrogens (primary N) is 1. The average Bonchev–Trinajstić information content (AvgIpc) is 2.40. The molecule has 0 aliphatic carbocycles. The van der Waals surface area contributed by atoms with Gasteiger partial charge in [-0.3, -0.25) is 4.79 Å². The number of benzene rings is 2. The van der Waals surface area contributed by atoms with Crippen LogP contribution in [0.4, 0.5) is 5.69 Å². The lowest BCUT2D eigenvalue weighted by atomic mass is 10.1. The fraction of sp³-hybridized carbons (Fsp3) is 0.125. The van der Waals surface area contributed by atoms with Crippen LogP contribution in [0.2, 0.25) is 5.02 Å². The van der Waals surface area contributed by atoms with Crippen molar-refractivity contribution in [3.8, 4) is 0 Å². The first-order valence-corrected chi connectivity index (χ1v) is 7.19. The maximum absolute atomic E-state index is 12.0. The van der Waals surface area contributed by atoms with Crippen molar-refractivity contribution >= 4 is 40.4 Å². The van der Waals surface area contributed by atoms with Crippen molar-refractivity contribution in [2.24, 2.45) is 5.73 Å². The van der Waals surface area contributed by atoms with E-state index in [0.717, 1.165) is 11.1 Å². The number of nitrogens with one attached hydrogen (secondary N) is 1. The summed E-state index contributed by atoms with van der Waals surface area (Å²) in [6, 6.07) is 12.9. The van der Waals surface area contributed by atoms with Crippen LogP contribution in [0, 0.1) is 6.92 Å². The molecule has 0 bridgehead atoms. The van der Waals surface area contributed by atoms with Gasteiger partial charge in [0.2, 0.25) is 5.91 Å². The monoisotopic (exact) mass is 318 g/mol. The van der Waals surface area contributed by atoms with Crippen LogP contribution in [0.25, 0.3) is 0 Å². The molecule has 1 amide bonds. The smallest absolute Gasteiger partial charge is 0.228 e. The predicted molar refractivity (Wildman–Crippen MR) is 90.9 cm³/mol. The van der Waals surface area contributed by atoms with Crippen LogP contribution in [0.3, 0.4) is 0 Å². The summed E-state index contributed by atoms with van der Waals surface area (Å²) in [6.07, 6.45) is 0.301. The Kier molecular flexibility index (Phi) is 4.94. The number of thiocarbonyl (C=S) groups is 1. The molecule has 0 saturated heterocycles. The van der Waals surface area contributed by atoms with Crippen molar-refractivity contribution in [3.63, 3.8) is 0 Å².